The molecule has 1 aromatic rings. The third kappa shape index (κ3) is 2.31. The zero-order valence-corrected chi connectivity index (χ0v) is 12.3. The number of carbonyl (C=O) groups excluding carboxylic acids is 1. The molecule has 0 bridgehead atoms. The van der Waals surface area contributed by atoms with E-state index >= 15 is 0 Å². The minimum absolute atomic E-state index is 0.0692. The van der Waals surface area contributed by atoms with Crippen molar-refractivity contribution in [2.45, 2.75) is 44.6 Å². The maximum atomic E-state index is 11.9. The van der Waals surface area contributed by atoms with Crippen LogP contribution in [0.15, 0.2) is 0 Å². The molecular formula is C14H21N3OS. The van der Waals surface area contributed by atoms with Crippen LogP contribution in [0.25, 0.3) is 0 Å². The van der Waals surface area contributed by atoms with Gasteiger partial charge in [0.25, 0.3) is 5.91 Å². The van der Waals surface area contributed by atoms with E-state index < -0.39 is 0 Å². The number of nitrogen functional groups attached to an aromatic ring is 1. The molecule has 4 nitrogen and oxygen atoms in total. The van der Waals surface area contributed by atoms with Crippen molar-refractivity contribution in [1.82, 2.24) is 5.32 Å². The van der Waals surface area contributed by atoms with Crippen molar-refractivity contribution in [2.24, 2.45) is 5.92 Å². The Bertz CT molecular complexity index is 507. The van der Waals surface area contributed by atoms with Gasteiger partial charge in [-0.1, -0.05) is 13.3 Å². The lowest BCUT2D eigenvalue weighted by atomic mass is 10.1. The molecule has 5 heteroatoms. The molecule has 2 saturated carbocycles. The van der Waals surface area contributed by atoms with Gasteiger partial charge in [0, 0.05) is 18.7 Å². The predicted octanol–water partition coefficient (Wildman–Crippen LogP) is 2.78. The molecule has 4 N–H and O–H groups in total. The van der Waals surface area contributed by atoms with Crippen LogP contribution in [0.5, 0.6) is 0 Å². The second-order valence-electron chi connectivity index (χ2n) is 5.60. The van der Waals surface area contributed by atoms with Crippen molar-refractivity contribution < 1.29 is 4.79 Å². The van der Waals surface area contributed by atoms with Crippen molar-refractivity contribution >= 4 is 27.9 Å². The summed E-state index contributed by atoms with van der Waals surface area (Å²) in [5.41, 5.74) is 8.09. The summed E-state index contributed by atoms with van der Waals surface area (Å²) in [5.74, 6) is 1.29. The third-order valence-electron chi connectivity index (χ3n) is 4.17. The van der Waals surface area contributed by atoms with E-state index in [0.29, 0.717) is 22.5 Å². The highest BCUT2D eigenvalue weighted by Gasteiger charge is 2.38. The third-order valence-corrected chi connectivity index (χ3v) is 5.32. The zero-order valence-electron chi connectivity index (χ0n) is 11.5. The molecule has 0 aliphatic heterocycles. The van der Waals surface area contributed by atoms with E-state index in [-0.39, 0.29) is 5.91 Å². The van der Waals surface area contributed by atoms with Gasteiger partial charge < -0.3 is 16.4 Å². The second kappa shape index (κ2) is 4.71. The lowest BCUT2D eigenvalue weighted by Gasteiger charge is -2.06. The molecule has 1 amide bonds. The Balaban J connectivity index is 1.87. The van der Waals surface area contributed by atoms with Crippen LogP contribution >= 0.6 is 11.3 Å². The highest BCUT2D eigenvalue weighted by Crippen LogP contribution is 2.52. The summed E-state index contributed by atoms with van der Waals surface area (Å²) in [6.45, 7) is 2.23. The fourth-order valence-electron chi connectivity index (χ4n) is 2.67. The van der Waals surface area contributed by atoms with Crippen LogP contribution in [-0.2, 0) is 0 Å². The molecule has 0 saturated heterocycles. The van der Waals surface area contributed by atoms with Gasteiger partial charge in [-0.2, -0.15) is 0 Å². The van der Waals surface area contributed by atoms with Gasteiger partial charge in [-0.05, 0) is 31.1 Å². The van der Waals surface area contributed by atoms with Crippen molar-refractivity contribution in [2.75, 3.05) is 18.1 Å². The van der Waals surface area contributed by atoms with Crippen LogP contribution in [0, 0.1) is 5.92 Å². The Labute approximate surface area is 117 Å². The molecule has 2 aliphatic rings. The van der Waals surface area contributed by atoms with E-state index in [2.05, 4.69) is 17.6 Å². The van der Waals surface area contributed by atoms with Crippen LogP contribution in [0.3, 0.4) is 0 Å². The largest absolute Gasteiger partial charge is 0.397 e. The zero-order chi connectivity index (χ0) is 13.6. The normalized spacial score (nSPS) is 25.2. The number of nitrogens with two attached hydrogens (primary N) is 1. The Hall–Kier alpha value is -1.23. The van der Waals surface area contributed by atoms with E-state index in [1.165, 1.54) is 42.6 Å². The monoisotopic (exact) mass is 279 g/mol. The first kappa shape index (κ1) is 12.8. The number of anilines is 2. The molecular weight excluding hydrogens is 258 g/mol. The van der Waals surface area contributed by atoms with Crippen LogP contribution in [0.1, 0.15) is 53.8 Å². The average molecular weight is 279 g/mol. The minimum atomic E-state index is -0.0692. The Morgan fingerprint density at radius 1 is 1.47 bits per heavy atom. The molecule has 1 aromatic heterocycles. The first-order chi connectivity index (χ1) is 9.15. The minimum Gasteiger partial charge on any atom is -0.397 e. The second-order valence-corrected chi connectivity index (χ2v) is 6.62. The summed E-state index contributed by atoms with van der Waals surface area (Å²) in [5, 5.41) is 7.42. The van der Waals surface area contributed by atoms with Crippen molar-refractivity contribution in [3.63, 3.8) is 0 Å². The smallest absolute Gasteiger partial charge is 0.263 e. The summed E-state index contributed by atoms with van der Waals surface area (Å²) in [7, 11) is 1.65. The summed E-state index contributed by atoms with van der Waals surface area (Å²) < 4.78 is 0. The first-order valence-corrected chi connectivity index (χ1v) is 7.88. The fourth-order valence-corrected chi connectivity index (χ4v) is 3.88. The maximum absolute atomic E-state index is 11.9. The highest BCUT2D eigenvalue weighted by atomic mass is 32.1. The summed E-state index contributed by atoms with van der Waals surface area (Å²) in [6.07, 6.45) is 4.86. The van der Waals surface area contributed by atoms with Gasteiger partial charge in [-0.15, -0.1) is 11.3 Å². The lowest BCUT2D eigenvalue weighted by molar-refractivity contribution is 0.0968. The first-order valence-electron chi connectivity index (χ1n) is 7.06. The van der Waals surface area contributed by atoms with E-state index in [1.54, 1.807) is 7.05 Å². The number of hydrogen-bond donors (Lipinski definition) is 3. The molecule has 0 aromatic carbocycles. The number of rotatable bonds is 5. The number of amides is 1. The molecule has 2 atom stereocenters. The van der Waals surface area contributed by atoms with Gasteiger partial charge in [-0.25, -0.2) is 0 Å². The SMILES string of the molecule is CCC1CC1Nc1sc(C(=O)NC)c(N)c1C1CC1. The number of hydrogen-bond acceptors (Lipinski definition) is 4. The van der Waals surface area contributed by atoms with Crippen molar-refractivity contribution in [1.29, 1.82) is 0 Å². The van der Waals surface area contributed by atoms with E-state index in [0.717, 1.165) is 10.9 Å². The van der Waals surface area contributed by atoms with Crippen molar-refractivity contribution in [3.05, 3.63) is 10.4 Å². The summed E-state index contributed by atoms with van der Waals surface area (Å²) in [6, 6.07) is 0.582. The molecule has 2 unspecified atom stereocenters. The summed E-state index contributed by atoms with van der Waals surface area (Å²) in [4.78, 5) is 12.5. The van der Waals surface area contributed by atoms with Gasteiger partial charge >= 0.3 is 0 Å². The molecule has 2 aliphatic carbocycles. The Kier molecular flexibility index (Phi) is 3.17. The predicted molar refractivity (Wildman–Crippen MR) is 79.9 cm³/mol. The van der Waals surface area contributed by atoms with E-state index in [9.17, 15) is 4.79 Å². The molecule has 0 radical (unpaired) electrons. The topological polar surface area (TPSA) is 67.2 Å². The molecule has 2 fully saturated rings. The standard InChI is InChI=1S/C14H21N3OS/c1-3-7-6-9(7)17-14-10(8-4-5-8)11(15)12(19-14)13(18)16-2/h7-9,17H,3-6,15H2,1-2H3,(H,16,18). The molecule has 0 spiro atoms. The van der Waals surface area contributed by atoms with E-state index in [4.69, 9.17) is 5.73 Å². The van der Waals surface area contributed by atoms with Gasteiger partial charge in [0.05, 0.1) is 10.7 Å². The van der Waals surface area contributed by atoms with Gasteiger partial charge in [0.1, 0.15) is 4.88 Å². The Morgan fingerprint density at radius 3 is 2.74 bits per heavy atom. The number of carbonyl (C=O) groups is 1. The molecule has 19 heavy (non-hydrogen) atoms. The van der Waals surface area contributed by atoms with E-state index in [1.807, 2.05) is 0 Å². The van der Waals surface area contributed by atoms with Crippen molar-refractivity contribution in [3.8, 4) is 0 Å². The van der Waals surface area contributed by atoms with Crippen LogP contribution in [-0.4, -0.2) is 19.0 Å². The molecule has 104 valence electrons. The van der Waals surface area contributed by atoms with Crippen LogP contribution < -0.4 is 16.4 Å². The van der Waals surface area contributed by atoms with Gasteiger partial charge in [-0.3, -0.25) is 4.79 Å². The fraction of sp³-hybridized carbons (Fsp3) is 0.643. The summed E-state index contributed by atoms with van der Waals surface area (Å²) >= 11 is 1.52. The highest BCUT2D eigenvalue weighted by molar-refractivity contribution is 7.18. The molecule has 1 heterocycles. The average Bonchev–Trinajstić information content (AvgIpc) is 3.30. The van der Waals surface area contributed by atoms with Gasteiger partial charge in [0.15, 0.2) is 0 Å². The van der Waals surface area contributed by atoms with Crippen LogP contribution in [0.2, 0.25) is 0 Å². The quantitative estimate of drug-likeness (QED) is 0.776. The maximum Gasteiger partial charge on any atom is 0.263 e. The molecule has 3 rings (SSSR count). The lowest BCUT2D eigenvalue weighted by Crippen LogP contribution is -2.17. The van der Waals surface area contributed by atoms with Gasteiger partial charge in [0.2, 0.25) is 0 Å². The Morgan fingerprint density at radius 2 is 2.21 bits per heavy atom. The number of nitrogens with one attached hydrogen (secondary N) is 2. The number of thiophene rings is 1. The van der Waals surface area contributed by atoms with Crippen LogP contribution in [0.4, 0.5) is 10.7 Å².